The first-order chi connectivity index (χ1) is 13.2. The molecule has 3 aromatic rings. The van der Waals surface area contributed by atoms with Crippen LogP contribution in [0.3, 0.4) is 0 Å². The molecule has 1 fully saturated rings. The summed E-state index contributed by atoms with van der Waals surface area (Å²) in [5.41, 5.74) is 1.04. The Balaban J connectivity index is 1.40. The SMILES string of the molecule is Cc1ccc(C2CCCCN2C(=O)NCc2nnc(-c3ccccc3)s2)o1. The van der Waals surface area contributed by atoms with Crippen molar-refractivity contribution < 1.29 is 9.21 Å². The molecule has 1 atom stereocenters. The summed E-state index contributed by atoms with van der Waals surface area (Å²) in [4.78, 5) is 14.6. The summed E-state index contributed by atoms with van der Waals surface area (Å²) in [6.07, 6.45) is 3.04. The predicted octanol–water partition coefficient (Wildman–Crippen LogP) is 4.54. The molecule has 6 nitrogen and oxygen atoms in total. The van der Waals surface area contributed by atoms with E-state index in [0.29, 0.717) is 6.54 Å². The molecule has 2 aromatic heterocycles. The Hall–Kier alpha value is -2.67. The van der Waals surface area contributed by atoms with Crippen molar-refractivity contribution in [3.8, 4) is 10.6 Å². The molecule has 0 bridgehead atoms. The molecule has 1 saturated heterocycles. The number of furan rings is 1. The maximum Gasteiger partial charge on any atom is 0.318 e. The molecule has 140 valence electrons. The summed E-state index contributed by atoms with van der Waals surface area (Å²) in [6, 6.07) is 13.8. The Morgan fingerprint density at radius 2 is 2.07 bits per heavy atom. The standard InChI is InChI=1S/C20H22N4O2S/c1-14-10-11-17(26-14)16-9-5-6-12-24(16)20(25)21-13-18-22-23-19(27-18)15-7-3-2-4-8-15/h2-4,7-8,10-11,16H,5-6,9,12-13H2,1H3,(H,21,25). The van der Waals surface area contributed by atoms with Crippen molar-refractivity contribution in [2.45, 2.75) is 38.8 Å². The molecule has 2 amide bonds. The van der Waals surface area contributed by atoms with Gasteiger partial charge in [0.2, 0.25) is 0 Å². The molecule has 1 aliphatic rings. The first kappa shape index (κ1) is 17.7. The fraction of sp³-hybridized carbons (Fsp3) is 0.350. The van der Waals surface area contributed by atoms with E-state index in [4.69, 9.17) is 4.42 Å². The Kier molecular flexibility index (Phi) is 5.20. The van der Waals surface area contributed by atoms with Crippen LogP contribution in [-0.2, 0) is 6.54 Å². The van der Waals surface area contributed by atoms with Gasteiger partial charge in [0.15, 0.2) is 0 Å². The number of carbonyl (C=O) groups excluding carboxylic acids is 1. The molecule has 0 radical (unpaired) electrons. The monoisotopic (exact) mass is 382 g/mol. The largest absolute Gasteiger partial charge is 0.464 e. The van der Waals surface area contributed by atoms with Gasteiger partial charge < -0.3 is 14.6 Å². The van der Waals surface area contributed by atoms with Crippen molar-refractivity contribution in [3.63, 3.8) is 0 Å². The van der Waals surface area contributed by atoms with E-state index in [1.54, 1.807) is 0 Å². The first-order valence-electron chi connectivity index (χ1n) is 9.19. The lowest BCUT2D eigenvalue weighted by Gasteiger charge is -2.34. The average Bonchev–Trinajstić information content (AvgIpc) is 3.36. The summed E-state index contributed by atoms with van der Waals surface area (Å²) in [7, 11) is 0. The van der Waals surface area contributed by atoms with Gasteiger partial charge in [-0.25, -0.2) is 4.79 Å². The zero-order valence-electron chi connectivity index (χ0n) is 15.2. The van der Waals surface area contributed by atoms with E-state index >= 15 is 0 Å². The highest BCUT2D eigenvalue weighted by Gasteiger charge is 2.30. The number of amides is 2. The molecule has 1 N–H and O–H groups in total. The lowest BCUT2D eigenvalue weighted by Crippen LogP contribution is -2.44. The van der Waals surface area contributed by atoms with Crippen molar-refractivity contribution in [1.29, 1.82) is 0 Å². The molecular formula is C20H22N4O2S. The highest BCUT2D eigenvalue weighted by molar-refractivity contribution is 7.14. The van der Waals surface area contributed by atoms with Gasteiger partial charge >= 0.3 is 6.03 Å². The predicted molar refractivity (Wildman–Crippen MR) is 104 cm³/mol. The summed E-state index contributed by atoms with van der Waals surface area (Å²) in [6.45, 7) is 3.04. The van der Waals surface area contributed by atoms with Crippen LogP contribution in [0, 0.1) is 6.92 Å². The molecule has 27 heavy (non-hydrogen) atoms. The summed E-state index contributed by atoms with van der Waals surface area (Å²) < 4.78 is 5.78. The van der Waals surface area contributed by atoms with Crippen molar-refractivity contribution in [3.05, 3.63) is 59.0 Å². The number of hydrogen-bond acceptors (Lipinski definition) is 5. The van der Waals surface area contributed by atoms with Gasteiger partial charge in [-0.05, 0) is 38.3 Å². The van der Waals surface area contributed by atoms with E-state index < -0.39 is 0 Å². The van der Waals surface area contributed by atoms with E-state index in [0.717, 1.165) is 52.9 Å². The fourth-order valence-electron chi connectivity index (χ4n) is 3.38. The second-order valence-electron chi connectivity index (χ2n) is 6.68. The van der Waals surface area contributed by atoms with Crippen LogP contribution in [0.1, 0.15) is 41.8 Å². The zero-order valence-corrected chi connectivity index (χ0v) is 16.0. The minimum Gasteiger partial charge on any atom is -0.464 e. The van der Waals surface area contributed by atoms with Gasteiger partial charge in [-0.3, -0.25) is 0 Å². The number of benzene rings is 1. The maximum atomic E-state index is 12.8. The number of urea groups is 1. The van der Waals surface area contributed by atoms with Crippen molar-refractivity contribution in [2.75, 3.05) is 6.54 Å². The topological polar surface area (TPSA) is 71.3 Å². The number of hydrogen-bond donors (Lipinski definition) is 1. The van der Waals surface area contributed by atoms with Crippen molar-refractivity contribution in [1.82, 2.24) is 20.4 Å². The maximum absolute atomic E-state index is 12.8. The molecule has 3 heterocycles. The molecule has 0 spiro atoms. The van der Waals surface area contributed by atoms with Crippen LogP contribution in [-0.4, -0.2) is 27.7 Å². The van der Waals surface area contributed by atoms with Gasteiger partial charge in [-0.2, -0.15) is 0 Å². The van der Waals surface area contributed by atoms with E-state index in [2.05, 4.69) is 15.5 Å². The number of likely N-dealkylation sites (tertiary alicyclic amines) is 1. The van der Waals surface area contributed by atoms with Crippen LogP contribution in [0.5, 0.6) is 0 Å². The number of rotatable bonds is 4. The highest BCUT2D eigenvalue weighted by Crippen LogP contribution is 2.32. The van der Waals surface area contributed by atoms with Crippen LogP contribution in [0.4, 0.5) is 4.79 Å². The van der Waals surface area contributed by atoms with Gasteiger partial charge in [-0.15, -0.1) is 10.2 Å². The normalized spacial score (nSPS) is 17.1. The smallest absolute Gasteiger partial charge is 0.318 e. The van der Waals surface area contributed by atoms with E-state index in [9.17, 15) is 4.79 Å². The van der Waals surface area contributed by atoms with Crippen molar-refractivity contribution in [2.24, 2.45) is 0 Å². The third kappa shape index (κ3) is 4.03. The van der Waals surface area contributed by atoms with E-state index in [1.165, 1.54) is 11.3 Å². The van der Waals surface area contributed by atoms with Gasteiger partial charge in [0.1, 0.15) is 21.5 Å². The first-order valence-corrected chi connectivity index (χ1v) is 10.0. The molecular weight excluding hydrogens is 360 g/mol. The second-order valence-corrected chi connectivity index (χ2v) is 7.74. The quantitative estimate of drug-likeness (QED) is 0.719. The lowest BCUT2D eigenvalue weighted by atomic mass is 10.0. The van der Waals surface area contributed by atoms with Gasteiger partial charge in [0.05, 0.1) is 12.6 Å². The molecule has 1 aliphatic heterocycles. The average molecular weight is 382 g/mol. The number of carbonyl (C=O) groups is 1. The van der Waals surface area contributed by atoms with Crippen molar-refractivity contribution >= 4 is 17.4 Å². The zero-order chi connectivity index (χ0) is 18.6. The summed E-state index contributed by atoms with van der Waals surface area (Å²) >= 11 is 1.50. The molecule has 7 heteroatoms. The van der Waals surface area contributed by atoms with Crippen LogP contribution < -0.4 is 5.32 Å². The number of aryl methyl sites for hydroxylation is 1. The number of aromatic nitrogens is 2. The summed E-state index contributed by atoms with van der Waals surface area (Å²) in [5.74, 6) is 1.74. The molecule has 0 aliphatic carbocycles. The Labute approximate surface area is 162 Å². The van der Waals surface area contributed by atoms with Gasteiger partial charge in [-0.1, -0.05) is 41.7 Å². The minimum absolute atomic E-state index is 0.00162. The molecule has 4 rings (SSSR count). The number of nitrogens with zero attached hydrogens (tertiary/aromatic N) is 3. The van der Waals surface area contributed by atoms with Crippen LogP contribution in [0.2, 0.25) is 0 Å². The fourth-order valence-corrected chi connectivity index (χ4v) is 4.16. The summed E-state index contributed by atoms with van der Waals surface area (Å²) in [5, 5.41) is 13.1. The van der Waals surface area contributed by atoms with E-state index in [1.807, 2.05) is 54.3 Å². The van der Waals surface area contributed by atoms with Crippen LogP contribution in [0.15, 0.2) is 46.9 Å². The molecule has 0 saturated carbocycles. The molecule has 1 aromatic carbocycles. The Morgan fingerprint density at radius 1 is 1.22 bits per heavy atom. The number of piperidine rings is 1. The van der Waals surface area contributed by atoms with Gasteiger partial charge in [0.25, 0.3) is 0 Å². The van der Waals surface area contributed by atoms with Crippen LogP contribution in [0.25, 0.3) is 10.6 Å². The minimum atomic E-state index is -0.0785. The third-order valence-electron chi connectivity index (χ3n) is 4.73. The van der Waals surface area contributed by atoms with Crippen LogP contribution >= 0.6 is 11.3 Å². The number of nitrogens with one attached hydrogen (secondary N) is 1. The van der Waals surface area contributed by atoms with E-state index in [-0.39, 0.29) is 12.1 Å². The third-order valence-corrected chi connectivity index (χ3v) is 5.70. The second kappa shape index (κ2) is 7.92. The highest BCUT2D eigenvalue weighted by atomic mass is 32.1. The Morgan fingerprint density at radius 3 is 2.85 bits per heavy atom. The lowest BCUT2D eigenvalue weighted by molar-refractivity contribution is 0.139. The molecule has 1 unspecified atom stereocenters. The Bertz CT molecular complexity index is 906. The van der Waals surface area contributed by atoms with Gasteiger partial charge in [0, 0.05) is 12.1 Å².